The van der Waals surface area contributed by atoms with Crippen LogP contribution in [0.2, 0.25) is 0 Å². The second-order valence-corrected chi connectivity index (χ2v) is 19.2. The second-order valence-electron chi connectivity index (χ2n) is 19.2. The number of hydrogen-bond acceptors (Lipinski definition) is 8. The Bertz CT molecular complexity index is 976. The third kappa shape index (κ3) is 33.8. The number of aliphatic hydroxyl groups is 4. The van der Waals surface area contributed by atoms with Crippen molar-refractivity contribution in [2.45, 2.75) is 276 Å². The van der Waals surface area contributed by atoms with E-state index in [1.54, 1.807) is 6.92 Å². The van der Waals surface area contributed by atoms with Crippen molar-refractivity contribution in [2.75, 3.05) is 39.3 Å². The van der Waals surface area contributed by atoms with Gasteiger partial charge < -0.3 is 31.1 Å². The van der Waals surface area contributed by atoms with Crippen LogP contribution in [0.15, 0.2) is 0 Å². The first-order chi connectivity index (χ1) is 29.6. The molecule has 61 heavy (non-hydrogen) atoms. The lowest BCUT2D eigenvalue weighted by molar-refractivity contribution is -0.137. The Morgan fingerprint density at radius 1 is 0.410 bits per heavy atom. The number of nitrogens with one attached hydrogen (secondary N) is 2. The number of carbonyl (C=O) groups is 2. The molecule has 2 amide bonds. The lowest BCUT2D eigenvalue weighted by atomic mass is 10.0. The highest BCUT2D eigenvalue weighted by molar-refractivity contribution is 5.96. The maximum absolute atomic E-state index is 13.1. The zero-order chi connectivity index (χ0) is 44.8. The summed E-state index contributed by atoms with van der Waals surface area (Å²) in [5.41, 5.74) is 0. The van der Waals surface area contributed by atoms with Crippen LogP contribution in [-0.2, 0) is 9.59 Å². The van der Waals surface area contributed by atoms with Gasteiger partial charge >= 0.3 is 0 Å². The summed E-state index contributed by atoms with van der Waals surface area (Å²) in [6.07, 6.45) is 34.7. The van der Waals surface area contributed by atoms with Gasteiger partial charge in [-0.05, 0) is 77.8 Å². The van der Waals surface area contributed by atoms with Gasteiger partial charge in [0.15, 0.2) is 0 Å². The van der Waals surface area contributed by atoms with E-state index in [0.29, 0.717) is 39.0 Å². The first-order valence-corrected chi connectivity index (χ1v) is 26.4. The minimum atomic E-state index is -0.540. The quantitative estimate of drug-likeness (QED) is 0.0332. The Labute approximate surface area is 376 Å². The average molecular weight is 867 g/mol. The number of nitrogens with zero attached hydrogens (tertiary/aromatic N) is 2. The fourth-order valence-electron chi connectivity index (χ4n) is 9.05. The molecule has 1 fully saturated rings. The van der Waals surface area contributed by atoms with Crippen LogP contribution in [0.25, 0.3) is 0 Å². The van der Waals surface area contributed by atoms with Gasteiger partial charge in [0, 0.05) is 26.2 Å². The lowest BCUT2D eigenvalue weighted by Crippen LogP contribution is -2.61. The molecule has 362 valence electrons. The third-order valence-corrected chi connectivity index (χ3v) is 12.8. The van der Waals surface area contributed by atoms with Gasteiger partial charge in [0.05, 0.1) is 24.4 Å². The molecule has 0 aromatic heterocycles. The molecule has 1 heterocycles. The Morgan fingerprint density at radius 3 is 0.984 bits per heavy atom. The zero-order valence-corrected chi connectivity index (χ0v) is 40.5. The van der Waals surface area contributed by atoms with Crippen LogP contribution < -0.4 is 10.6 Å². The smallest absolute Gasteiger partial charge is 0.243 e. The summed E-state index contributed by atoms with van der Waals surface area (Å²) < 4.78 is 0. The Hall–Kier alpha value is -1.30. The Kier molecular flexibility index (Phi) is 38.1. The SMILES string of the molecule is CCCCCCCCCC[C@@H](O)CN(CCCC[C@H]1NC(=O)[C@@H](CCCCN(C[C@H](O)CCCCCCCCCC)C[C@@H](C)O)NC1=O)C[C@H](O)CCCCCCCCCC. The molecule has 0 unspecified atom stereocenters. The minimum Gasteiger partial charge on any atom is -0.392 e. The summed E-state index contributed by atoms with van der Waals surface area (Å²) in [6, 6.07) is -1.08. The second kappa shape index (κ2) is 40.2. The molecule has 6 atom stereocenters. The normalized spacial score (nSPS) is 17.8. The van der Waals surface area contributed by atoms with E-state index in [0.717, 1.165) is 96.6 Å². The van der Waals surface area contributed by atoms with Crippen LogP contribution in [0, 0.1) is 0 Å². The van der Waals surface area contributed by atoms with E-state index < -0.39 is 36.5 Å². The van der Waals surface area contributed by atoms with Crippen LogP contribution in [0.4, 0.5) is 0 Å². The van der Waals surface area contributed by atoms with Crippen molar-refractivity contribution in [3.63, 3.8) is 0 Å². The summed E-state index contributed by atoms with van der Waals surface area (Å²) in [4.78, 5) is 30.5. The molecule has 0 aliphatic carbocycles. The van der Waals surface area contributed by atoms with Crippen LogP contribution in [0.1, 0.15) is 240 Å². The van der Waals surface area contributed by atoms with E-state index in [1.165, 1.54) is 116 Å². The molecule has 0 radical (unpaired) electrons. The first kappa shape index (κ1) is 57.7. The highest BCUT2D eigenvalue weighted by atomic mass is 16.3. The van der Waals surface area contributed by atoms with Gasteiger partial charge in [0.1, 0.15) is 12.1 Å². The Morgan fingerprint density at radius 2 is 0.689 bits per heavy atom. The molecule has 1 rings (SSSR count). The van der Waals surface area contributed by atoms with E-state index in [1.807, 2.05) is 0 Å². The molecule has 10 nitrogen and oxygen atoms in total. The van der Waals surface area contributed by atoms with E-state index >= 15 is 0 Å². The molecular weight excluding hydrogens is 765 g/mol. The van der Waals surface area contributed by atoms with E-state index in [9.17, 15) is 30.0 Å². The minimum absolute atomic E-state index is 0.122. The van der Waals surface area contributed by atoms with Crippen molar-refractivity contribution < 1.29 is 30.0 Å². The summed E-state index contributed by atoms with van der Waals surface area (Å²) in [7, 11) is 0. The number of aliphatic hydroxyl groups excluding tert-OH is 4. The third-order valence-electron chi connectivity index (χ3n) is 12.8. The number of rotatable bonds is 45. The van der Waals surface area contributed by atoms with E-state index in [-0.39, 0.29) is 11.8 Å². The zero-order valence-electron chi connectivity index (χ0n) is 40.5. The van der Waals surface area contributed by atoms with Crippen molar-refractivity contribution in [3.8, 4) is 0 Å². The lowest BCUT2D eigenvalue weighted by Gasteiger charge is -2.31. The molecule has 0 saturated carbocycles. The van der Waals surface area contributed by atoms with Gasteiger partial charge in [0.25, 0.3) is 0 Å². The largest absolute Gasteiger partial charge is 0.392 e. The van der Waals surface area contributed by atoms with Crippen LogP contribution in [0.3, 0.4) is 0 Å². The Balaban J connectivity index is 2.47. The molecule has 0 bridgehead atoms. The summed E-state index contributed by atoms with van der Waals surface area (Å²) >= 11 is 0. The van der Waals surface area contributed by atoms with Crippen molar-refractivity contribution in [2.24, 2.45) is 0 Å². The molecule has 1 saturated heterocycles. The molecule has 1 aliphatic heterocycles. The van der Waals surface area contributed by atoms with Crippen molar-refractivity contribution in [1.29, 1.82) is 0 Å². The van der Waals surface area contributed by atoms with Gasteiger partial charge in [-0.3, -0.25) is 19.4 Å². The number of piperazine rings is 1. The first-order valence-electron chi connectivity index (χ1n) is 26.4. The predicted molar refractivity (Wildman–Crippen MR) is 256 cm³/mol. The number of carbonyl (C=O) groups excluding carboxylic acids is 2. The molecular formula is C51H102N4O6. The number of amides is 2. The van der Waals surface area contributed by atoms with E-state index in [2.05, 4.69) is 41.2 Å². The number of hydrogen-bond donors (Lipinski definition) is 6. The molecule has 1 aliphatic rings. The number of unbranched alkanes of at least 4 members (excludes halogenated alkanes) is 23. The van der Waals surface area contributed by atoms with Gasteiger partial charge in [-0.15, -0.1) is 0 Å². The highest BCUT2D eigenvalue weighted by Crippen LogP contribution is 2.17. The van der Waals surface area contributed by atoms with Gasteiger partial charge in [-0.2, -0.15) is 0 Å². The molecule has 6 N–H and O–H groups in total. The predicted octanol–water partition coefficient (Wildman–Crippen LogP) is 9.97. The summed E-state index contributed by atoms with van der Waals surface area (Å²) in [5.74, 6) is -0.246. The van der Waals surface area contributed by atoms with Gasteiger partial charge in [-0.25, -0.2) is 0 Å². The van der Waals surface area contributed by atoms with Gasteiger partial charge in [-0.1, -0.05) is 175 Å². The maximum Gasteiger partial charge on any atom is 0.243 e. The van der Waals surface area contributed by atoms with Crippen molar-refractivity contribution in [3.05, 3.63) is 0 Å². The molecule has 0 aromatic rings. The highest BCUT2D eigenvalue weighted by Gasteiger charge is 2.33. The monoisotopic (exact) mass is 867 g/mol. The van der Waals surface area contributed by atoms with E-state index in [4.69, 9.17) is 0 Å². The fraction of sp³-hybridized carbons (Fsp3) is 0.961. The van der Waals surface area contributed by atoms with Crippen LogP contribution >= 0.6 is 0 Å². The summed E-state index contributed by atoms with van der Waals surface area (Å²) in [5, 5.41) is 48.7. The van der Waals surface area contributed by atoms with Gasteiger partial charge in [0.2, 0.25) is 11.8 Å². The van der Waals surface area contributed by atoms with Crippen molar-refractivity contribution in [1.82, 2.24) is 20.4 Å². The maximum atomic E-state index is 13.1. The average Bonchev–Trinajstić information content (AvgIpc) is 3.22. The standard InChI is InChI=1S/C51H102N4O6/c1-5-8-11-14-17-20-23-26-33-45(57)41-54(40-44(4)56)38-31-29-36-48-50(60)53-49(51(61)52-48)37-30-32-39-55(42-46(58)34-27-24-21-18-15-12-9-6-2)43-47(59)35-28-25-22-19-16-13-10-7-3/h44-49,56-59H,5-43H2,1-4H3,(H,52,61)(H,53,60)/t44-,45-,46-,47-,48-,49-/m1/s1. The van der Waals surface area contributed by atoms with Crippen molar-refractivity contribution >= 4 is 11.8 Å². The van der Waals surface area contributed by atoms with Crippen LogP contribution in [0.5, 0.6) is 0 Å². The van der Waals surface area contributed by atoms with Crippen LogP contribution in [-0.4, -0.2) is 118 Å². The molecule has 10 heteroatoms. The fourth-order valence-corrected chi connectivity index (χ4v) is 9.05. The molecule has 0 spiro atoms. The summed E-state index contributed by atoms with van der Waals surface area (Å²) in [6.45, 7) is 12.2. The molecule has 0 aromatic carbocycles. The topological polar surface area (TPSA) is 146 Å².